The highest BCUT2D eigenvalue weighted by molar-refractivity contribution is 5.88. The van der Waals surface area contributed by atoms with Crippen molar-refractivity contribution < 1.29 is 53.4 Å². The quantitative estimate of drug-likeness (QED) is 0.320. The van der Waals surface area contributed by atoms with Crippen molar-refractivity contribution in [3.63, 3.8) is 0 Å². The van der Waals surface area contributed by atoms with Gasteiger partial charge in [-0.05, 0) is 30.7 Å². The molecule has 0 unspecified atom stereocenters. The SMILES string of the molecule is CCC[C@@H]1O[C@@H](Oc2c(-c3ccc(O)cc3)oc3cc(O)cc(O)c3c2=O)[C@H](OC(C)=O)[C@H](O)[C@H]1OC(C)=O. The molecule has 3 aromatic rings. The van der Waals surface area contributed by atoms with Gasteiger partial charge in [0.25, 0.3) is 0 Å². The standard InChI is InChI=1S/C27H28O12/c1-4-5-18-24(35-12(2)28)22(34)26(36-13(3)29)27(38-18)39-25-21(33)20-17(32)10-16(31)11-19(20)37-23(25)14-6-8-15(30)9-7-14/h6-11,18,22,24,26-27,30-32,34H,4-5H2,1-3H3/t18-,22+,24-,26+,27-/m0/s1. The maximum absolute atomic E-state index is 13.7. The van der Waals surface area contributed by atoms with Crippen LogP contribution in [0.2, 0.25) is 0 Å². The predicted molar refractivity (Wildman–Crippen MR) is 134 cm³/mol. The third kappa shape index (κ3) is 5.76. The molecule has 4 N–H and O–H groups in total. The molecule has 0 bridgehead atoms. The molecule has 1 fully saturated rings. The van der Waals surface area contributed by atoms with E-state index in [0.29, 0.717) is 12.8 Å². The average Bonchev–Trinajstić information content (AvgIpc) is 2.85. The van der Waals surface area contributed by atoms with E-state index in [2.05, 4.69) is 0 Å². The summed E-state index contributed by atoms with van der Waals surface area (Å²) in [4.78, 5) is 37.3. The molecule has 0 amide bonds. The van der Waals surface area contributed by atoms with E-state index >= 15 is 0 Å². The minimum Gasteiger partial charge on any atom is -0.508 e. The van der Waals surface area contributed by atoms with Gasteiger partial charge in [-0.3, -0.25) is 14.4 Å². The Bertz CT molecular complexity index is 1430. The monoisotopic (exact) mass is 544 g/mol. The number of hydrogen-bond acceptors (Lipinski definition) is 12. The number of aliphatic hydroxyl groups is 1. The number of aromatic hydroxyl groups is 3. The highest BCUT2D eigenvalue weighted by Gasteiger charge is 2.50. The topological polar surface area (TPSA) is 182 Å². The first kappa shape index (κ1) is 27.7. The Balaban J connectivity index is 1.87. The number of phenolic OH excluding ortho intramolecular Hbond substituents is 3. The number of carbonyl (C=O) groups is 2. The molecule has 2 aromatic carbocycles. The Morgan fingerprint density at radius 2 is 1.59 bits per heavy atom. The van der Waals surface area contributed by atoms with E-state index in [9.17, 15) is 34.8 Å². The molecule has 1 aliphatic heterocycles. The molecule has 1 saturated heterocycles. The molecule has 2 heterocycles. The van der Waals surface area contributed by atoms with Crippen LogP contribution in [0.3, 0.4) is 0 Å². The van der Waals surface area contributed by atoms with Crippen molar-refractivity contribution in [2.24, 2.45) is 0 Å². The second-order valence-corrected chi connectivity index (χ2v) is 9.06. The number of esters is 2. The third-order valence-corrected chi connectivity index (χ3v) is 6.08. The second kappa shape index (κ2) is 11.2. The largest absolute Gasteiger partial charge is 0.508 e. The molecule has 0 radical (unpaired) electrons. The predicted octanol–water partition coefficient (Wildman–Crippen LogP) is 2.70. The van der Waals surface area contributed by atoms with Gasteiger partial charge in [0, 0.05) is 31.5 Å². The fourth-order valence-corrected chi connectivity index (χ4v) is 4.46. The second-order valence-electron chi connectivity index (χ2n) is 9.06. The van der Waals surface area contributed by atoms with Gasteiger partial charge in [0.1, 0.15) is 40.4 Å². The van der Waals surface area contributed by atoms with Gasteiger partial charge in [-0.25, -0.2) is 0 Å². The summed E-state index contributed by atoms with van der Waals surface area (Å²) in [7, 11) is 0. The molecule has 12 nitrogen and oxygen atoms in total. The van der Waals surface area contributed by atoms with E-state index in [-0.39, 0.29) is 33.8 Å². The first-order valence-corrected chi connectivity index (χ1v) is 12.2. The van der Waals surface area contributed by atoms with Crippen LogP contribution in [-0.4, -0.2) is 63.1 Å². The van der Waals surface area contributed by atoms with Crippen molar-refractivity contribution in [1.82, 2.24) is 0 Å². The lowest BCUT2D eigenvalue weighted by molar-refractivity contribution is -0.281. The van der Waals surface area contributed by atoms with E-state index in [1.807, 2.05) is 6.92 Å². The van der Waals surface area contributed by atoms with Crippen LogP contribution in [0.1, 0.15) is 33.6 Å². The van der Waals surface area contributed by atoms with E-state index in [1.165, 1.54) is 24.3 Å². The Morgan fingerprint density at radius 3 is 2.21 bits per heavy atom. The molecule has 0 spiro atoms. The maximum atomic E-state index is 13.7. The van der Waals surface area contributed by atoms with Crippen molar-refractivity contribution in [3.05, 3.63) is 46.6 Å². The lowest BCUT2D eigenvalue weighted by Gasteiger charge is -2.43. The van der Waals surface area contributed by atoms with Crippen molar-refractivity contribution in [3.8, 4) is 34.3 Å². The summed E-state index contributed by atoms with van der Waals surface area (Å²) in [6.07, 6.45) is -5.88. The number of phenols is 3. The van der Waals surface area contributed by atoms with Crippen LogP contribution in [0.25, 0.3) is 22.3 Å². The maximum Gasteiger partial charge on any atom is 0.303 e. The Hall–Kier alpha value is -4.29. The van der Waals surface area contributed by atoms with Crippen molar-refractivity contribution in [2.75, 3.05) is 0 Å². The third-order valence-electron chi connectivity index (χ3n) is 6.08. The molecular weight excluding hydrogens is 516 g/mol. The van der Waals surface area contributed by atoms with Crippen LogP contribution >= 0.6 is 0 Å². The lowest BCUT2D eigenvalue weighted by Crippen LogP contribution is -2.61. The highest BCUT2D eigenvalue weighted by atomic mass is 16.7. The van der Waals surface area contributed by atoms with Gasteiger partial charge in [0.15, 0.2) is 18.0 Å². The van der Waals surface area contributed by atoms with Crippen LogP contribution in [0, 0.1) is 0 Å². The average molecular weight is 545 g/mol. The fraction of sp³-hybridized carbons (Fsp3) is 0.370. The molecule has 1 aromatic heterocycles. The molecule has 39 heavy (non-hydrogen) atoms. The number of benzene rings is 2. The first-order chi connectivity index (χ1) is 18.5. The molecule has 208 valence electrons. The molecule has 0 aliphatic carbocycles. The van der Waals surface area contributed by atoms with Gasteiger partial charge in [0.05, 0.1) is 0 Å². The Morgan fingerprint density at radius 1 is 0.949 bits per heavy atom. The van der Waals surface area contributed by atoms with Gasteiger partial charge in [0.2, 0.25) is 17.5 Å². The molecule has 1 aliphatic rings. The molecular formula is C27H28O12. The van der Waals surface area contributed by atoms with Crippen LogP contribution in [-0.2, 0) is 23.8 Å². The summed E-state index contributed by atoms with van der Waals surface area (Å²) < 4.78 is 28.4. The van der Waals surface area contributed by atoms with Crippen molar-refractivity contribution in [2.45, 2.75) is 64.3 Å². The van der Waals surface area contributed by atoms with Crippen LogP contribution < -0.4 is 10.2 Å². The molecule has 12 heteroatoms. The van der Waals surface area contributed by atoms with Gasteiger partial charge < -0.3 is 43.8 Å². The highest BCUT2D eigenvalue weighted by Crippen LogP contribution is 2.38. The van der Waals surface area contributed by atoms with Gasteiger partial charge in [-0.2, -0.15) is 0 Å². The fourth-order valence-electron chi connectivity index (χ4n) is 4.46. The molecule has 5 atom stereocenters. The molecule has 0 saturated carbocycles. The normalized spacial score (nSPS) is 22.8. The molecule has 4 rings (SSSR count). The first-order valence-electron chi connectivity index (χ1n) is 12.2. The number of ether oxygens (including phenoxy) is 4. The Labute approximate surface area is 221 Å². The van der Waals surface area contributed by atoms with Crippen LogP contribution in [0.5, 0.6) is 23.0 Å². The minimum atomic E-state index is -1.58. The van der Waals surface area contributed by atoms with Gasteiger partial charge >= 0.3 is 11.9 Å². The van der Waals surface area contributed by atoms with Crippen LogP contribution in [0.15, 0.2) is 45.6 Å². The number of hydrogen-bond donors (Lipinski definition) is 4. The zero-order valence-electron chi connectivity index (χ0n) is 21.3. The summed E-state index contributed by atoms with van der Waals surface area (Å²) >= 11 is 0. The smallest absolute Gasteiger partial charge is 0.303 e. The zero-order chi connectivity index (χ0) is 28.4. The summed E-state index contributed by atoms with van der Waals surface area (Å²) in [5, 5.41) is 40.8. The summed E-state index contributed by atoms with van der Waals surface area (Å²) in [5.41, 5.74) is -0.744. The zero-order valence-corrected chi connectivity index (χ0v) is 21.3. The van der Waals surface area contributed by atoms with Crippen LogP contribution in [0.4, 0.5) is 0 Å². The van der Waals surface area contributed by atoms with E-state index in [0.717, 1.165) is 26.0 Å². The number of fused-ring (bicyclic) bond motifs is 1. The summed E-state index contributed by atoms with van der Waals surface area (Å²) in [6, 6.07) is 7.64. The summed E-state index contributed by atoms with van der Waals surface area (Å²) in [6.45, 7) is 4.10. The van der Waals surface area contributed by atoms with Crippen molar-refractivity contribution >= 4 is 22.9 Å². The number of aliphatic hydroxyl groups excluding tert-OH is 1. The Kier molecular flexibility index (Phi) is 7.98. The van der Waals surface area contributed by atoms with Gasteiger partial charge in [-0.15, -0.1) is 0 Å². The van der Waals surface area contributed by atoms with E-state index < -0.39 is 59.6 Å². The summed E-state index contributed by atoms with van der Waals surface area (Å²) in [5.74, 6) is -3.12. The minimum absolute atomic E-state index is 0.0628. The lowest BCUT2D eigenvalue weighted by atomic mass is 9.95. The number of carbonyl (C=O) groups excluding carboxylic acids is 2. The van der Waals surface area contributed by atoms with E-state index in [1.54, 1.807) is 0 Å². The number of rotatable bonds is 7. The van der Waals surface area contributed by atoms with Gasteiger partial charge in [-0.1, -0.05) is 13.3 Å². The van der Waals surface area contributed by atoms with E-state index in [4.69, 9.17) is 23.4 Å². The van der Waals surface area contributed by atoms with Crippen molar-refractivity contribution in [1.29, 1.82) is 0 Å².